The van der Waals surface area contributed by atoms with E-state index in [-0.39, 0.29) is 11.8 Å². The van der Waals surface area contributed by atoms with Gasteiger partial charge in [0.2, 0.25) is 5.82 Å². The average Bonchev–Trinajstić information content (AvgIpc) is 3.35. The van der Waals surface area contributed by atoms with Crippen LogP contribution >= 0.6 is 0 Å². The summed E-state index contributed by atoms with van der Waals surface area (Å²) >= 11 is 0. The van der Waals surface area contributed by atoms with Gasteiger partial charge in [-0.05, 0) is 61.0 Å². The Morgan fingerprint density at radius 2 is 1.88 bits per heavy atom. The first kappa shape index (κ1) is 21.7. The van der Waals surface area contributed by atoms with E-state index < -0.39 is 5.91 Å². The van der Waals surface area contributed by atoms with Crippen LogP contribution < -0.4 is 15.4 Å². The van der Waals surface area contributed by atoms with Crippen LogP contribution in [0.5, 0.6) is 11.5 Å². The lowest BCUT2D eigenvalue weighted by Crippen LogP contribution is -2.30. The predicted octanol–water partition coefficient (Wildman–Crippen LogP) is 3.53. The molecule has 1 aromatic heterocycles. The van der Waals surface area contributed by atoms with E-state index in [0.717, 1.165) is 5.57 Å². The number of dihydropyridines is 1. The molecule has 2 aromatic carbocycles. The molecule has 0 spiro atoms. The quantitative estimate of drug-likeness (QED) is 0.623. The van der Waals surface area contributed by atoms with Crippen molar-refractivity contribution in [2.75, 3.05) is 13.6 Å². The summed E-state index contributed by atoms with van der Waals surface area (Å²) in [5.74, 6) is 1.05. The maximum atomic E-state index is 12.6. The molecule has 3 aromatic rings. The Labute approximate surface area is 189 Å². The van der Waals surface area contributed by atoms with Crippen molar-refractivity contribution in [2.45, 2.75) is 6.92 Å². The standard InChI is InChI=1S/C24H21N5O4/c1-3-15-7-12-20(26-14-15)27-22(30)17-5-4-6-19(13-17)32-18-10-8-16(9-11-18)21-28-24(33-29-21)23(31)25-2/h3-13H,14H2,1-2H3,(H,25,31)(H,26,27,30)/b15-3+. The predicted molar refractivity (Wildman–Crippen MR) is 122 cm³/mol. The molecule has 0 aliphatic carbocycles. The summed E-state index contributed by atoms with van der Waals surface area (Å²) in [5, 5.41) is 9.03. The third kappa shape index (κ3) is 5.21. The van der Waals surface area contributed by atoms with E-state index in [9.17, 15) is 9.59 Å². The number of ether oxygens (including phenoxy) is 1. The smallest absolute Gasteiger partial charge is 0.316 e. The van der Waals surface area contributed by atoms with Crippen LogP contribution in [0.2, 0.25) is 0 Å². The van der Waals surface area contributed by atoms with Crippen LogP contribution in [0.15, 0.2) is 81.8 Å². The molecule has 0 atom stereocenters. The van der Waals surface area contributed by atoms with Gasteiger partial charge in [0.15, 0.2) is 0 Å². The van der Waals surface area contributed by atoms with E-state index in [1.54, 1.807) is 54.6 Å². The van der Waals surface area contributed by atoms with Crippen molar-refractivity contribution >= 4 is 17.6 Å². The number of hydrogen-bond acceptors (Lipinski definition) is 7. The number of allylic oxidation sites excluding steroid dienone is 1. The second-order valence-corrected chi connectivity index (χ2v) is 7.01. The van der Waals surface area contributed by atoms with Crippen molar-refractivity contribution in [1.82, 2.24) is 20.8 Å². The SMILES string of the molecule is C/C=C1\C=CC(NC(=O)c2cccc(Oc3ccc(-c4noc(C(=O)NC)n4)cc3)c2)=NC1. The number of nitrogens with one attached hydrogen (secondary N) is 2. The molecule has 0 saturated carbocycles. The van der Waals surface area contributed by atoms with Crippen molar-refractivity contribution in [3.05, 3.63) is 83.8 Å². The minimum atomic E-state index is -0.452. The van der Waals surface area contributed by atoms with Crippen LogP contribution in [0, 0.1) is 0 Å². The van der Waals surface area contributed by atoms with Crippen molar-refractivity contribution in [2.24, 2.45) is 4.99 Å². The highest BCUT2D eigenvalue weighted by Crippen LogP contribution is 2.25. The Kier molecular flexibility index (Phi) is 6.40. The summed E-state index contributed by atoms with van der Waals surface area (Å²) in [6.45, 7) is 2.49. The summed E-state index contributed by atoms with van der Waals surface area (Å²) < 4.78 is 10.8. The Morgan fingerprint density at radius 3 is 2.58 bits per heavy atom. The minimum Gasteiger partial charge on any atom is -0.457 e. The molecule has 4 rings (SSSR count). The normalized spacial score (nSPS) is 14.0. The molecule has 1 aliphatic rings. The maximum Gasteiger partial charge on any atom is 0.316 e. The van der Waals surface area contributed by atoms with Gasteiger partial charge in [-0.3, -0.25) is 14.6 Å². The van der Waals surface area contributed by atoms with E-state index in [1.165, 1.54) is 7.05 Å². The minimum absolute atomic E-state index is 0.111. The Hall–Kier alpha value is -4.53. The number of hydrogen-bond donors (Lipinski definition) is 2. The largest absolute Gasteiger partial charge is 0.457 e. The molecule has 9 heteroatoms. The summed E-state index contributed by atoms with van der Waals surface area (Å²) in [6.07, 6.45) is 5.69. The molecule has 2 N–H and O–H groups in total. The monoisotopic (exact) mass is 443 g/mol. The van der Waals surface area contributed by atoms with Crippen molar-refractivity contribution < 1.29 is 18.8 Å². The molecule has 0 bridgehead atoms. The van der Waals surface area contributed by atoms with Crippen LogP contribution in [-0.4, -0.2) is 41.4 Å². The first-order valence-corrected chi connectivity index (χ1v) is 10.2. The van der Waals surface area contributed by atoms with E-state index >= 15 is 0 Å². The zero-order valence-corrected chi connectivity index (χ0v) is 18.0. The molecular formula is C24H21N5O4. The molecule has 2 amide bonds. The van der Waals surface area contributed by atoms with E-state index in [0.29, 0.717) is 40.8 Å². The highest BCUT2D eigenvalue weighted by Gasteiger charge is 2.15. The number of rotatable bonds is 5. The van der Waals surface area contributed by atoms with Gasteiger partial charge in [0.1, 0.15) is 17.3 Å². The molecule has 0 saturated heterocycles. The van der Waals surface area contributed by atoms with Gasteiger partial charge in [0.05, 0.1) is 6.54 Å². The number of nitrogens with zero attached hydrogens (tertiary/aromatic N) is 3. The zero-order valence-electron chi connectivity index (χ0n) is 18.0. The number of aromatic nitrogens is 2. The Balaban J connectivity index is 1.41. The summed E-state index contributed by atoms with van der Waals surface area (Å²) in [7, 11) is 1.48. The fraction of sp³-hybridized carbons (Fsp3) is 0.125. The third-order valence-electron chi connectivity index (χ3n) is 4.79. The molecule has 2 heterocycles. The molecule has 1 aliphatic heterocycles. The topological polar surface area (TPSA) is 119 Å². The lowest BCUT2D eigenvalue weighted by Gasteiger charge is -2.11. The number of amides is 2. The van der Waals surface area contributed by atoms with Crippen molar-refractivity contribution in [3.8, 4) is 22.9 Å². The first-order valence-electron chi connectivity index (χ1n) is 10.2. The Morgan fingerprint density at radius 1 is 1.06 bits per heavy atom. The molecule has 0 unspecified atom stereocenters. The number of benzene rings is 2. The second kappa shape index (κ2) is 9.73. The lowest BCUT2D eigenvalue weighted by atomic mass is 10.1. The Bertz CT molecular complexity index is 1270. The van der Waals surface area contributed by atoms with Crippen LogP contribution in [0.1, 0.15) is 28.0 Å². The molecule has 33 heavy (non-hydrogen) atoms. The van der Waals surface area contributed by atoms with E-state index in [1.807, 2.05) is 19.1 Å². The van der Waals surface area contributed by atoms with Crippen LogP contribution in [0.4, 0.5) is 0 Å². The maximum absolute atomic E-state index is 12.6. The summed E-state index contributed by atoms with van der Waals surface area (Å²) in [4.78, 5) is 32.6. The van der Waals surface area contributed by atoms with Gasteiger partial charge in [-0.15, -0.1) is 0 Å². The van der Waals surface area contributed by atoms with Gasteiger partial charge in [0, 0.05) is 18.2 Å². The fourth-order valence-electron chi connectivity index (χ4n) is 2.97. The van der Waals surface area contributed by atoms with Gasteiger partial charge in [0.25, 0.3) is 5.91 Å². The zero-order chi connectivity index (χ0) is 23.2. The number of carbonyl (C=O) groups excluding carboxylic acids is 2. The number of amidine groups is 1. The highest BCUT2D eigenvalue weighted by molar-refractivity contribution is 6.10. The van der Waals surface area contributed by atoms with Crippen LogP contribution in [0.3, 0.4) is 0 Å². The average molecular weight is 443 g/mol. The first-order chi connectivity index (χ1) is 16.1. The van der Waals surface area contributed by atoms with Crippen molar-refractivity contribution in [1.29, 1.82) is 0 Å². The fourth-order valence-corrected chi connectivity index (χ4v) is 2.97. The van der Waals surface area contributed by atoms with E-state index in [4.69, 9.17) is 9.26 Å². The van der Waals surface area contributed by atoms with Crippen molar-refractivity contribution in [3.63, 3.8) is 0 Å². The summed E-state index contributed by atoms with van der Waals surface area (Å²) in [6, 6.07) is 13.8. The van der Waals surface area contributed by atoms with Crippen LogP contribution in [0.25, 0.3) is 11.4 Å². The van der Waals surface area contributed by atoms with Gasteiger partial charge >= 0.3 is 11.8 Å². The highest BCUT2D eigenvalue weighted by atomic mass is 16.5. The second-order valence-electron chi connectivity index (χ2n) is 7.01. The molecule has 0 radical (unpaired) electrons. The number of aliphatic imine (C=N–C) groups is 1. The lowest BCUT2D eigenvalue weighted by molar-refractivity contribution is 0.0918. The van der Waals surface area contributed by atoms with Gasteiger partial charge in [-0.1, -0.05) is 23.4 Å². The third-order valence-corrected chi connectivity index (χ3v) is 4.79. The molecule has 9 nitrogen and oxygen atoms in total. The van der Waals surface area contributed by atoms with Gasteiger partial charge in [-0.2, -0.15) is 4.98 Å². The van der Waals surface area contributed by atoms with Gasteiger partial charge < -0.3 is 19.9 Å². The number of carbonyl (C=O) groups is 2. The summed E-state index contributed by atoms with van der Waals surface area (Å²) in [5.41, 5.74) is 2.21. The molecule has 0 fully saturated rings. The van der Waals surface area contributed by atoms with E-state index in [2.05, 4.69) is 25.8 Å². The van der Waals surface area contributed by atoms with Crippen LogP contribution in [-0.2, 0) is 0 Å². The van der Waals surface area contributed by atoms with Gasteiger partial charge in [-0.25, -0.2) is 0 Å². The molecule has 166 valence electrons. The molecular weight excluding hydrogens is 422 g/mol.